The molecule has 0 aliphatic carbocycles. The molecule has 0 unspecified atom stereocenters. The summed E-state index contributed by atoms with van der Waals surface area (Å²) in [6, 6.07) is 3.41. The molecule has 1 aromatic carbocycles. The maximum absolute atomic E-state index is 12.8. The average molecular weight is 288 g/mol. The lowest BCUT2D eigenvalue weighted by molar-refractivity contribution is -0.138. The minimum absolute atomic E-state index is 0.0352. The summed E-state index contributed by atoms with van der Waals surface area (Å²) < 4.78 is 43.8. The summed E-state index contributed by atoms with van der Waals surface area (Å²) in [7, 11) is 0. The summed E-state index contributed by atoms with van der Waals surface area (Å²) in [6.45, 7) is 1.91. The number of alkyl halides is 3. The molecule has 19 heavy (non-hydrogen) atoms. The van der Waals surface area contributed by atoms with Gasteiger partial charge in [0.05, 0.1) is 5.69 Å². The Hall–Kier alpha value is -1.76. The van der Waals surface area contributed by atoms with Gasteiger partial charge in [-0.2, -0.15) is 13.2 Å². The standard InChI is InChI=1S/C12H11F3N2OS/c1-2-8-6-19-11(17-8)18-10-4-3-7(16)5-9(10)12(13,14)15/h3-6H,2,16H2,1H3. The number of nitrogen functional groups attached to an aromatic ring is 1. The van der Waals surface area contributed by atoms with E-state index in [4.69, 9.17) is 10.5 Å². The van der Waals surface area contributed by atoms with Crippen LogP contribution in [0.3, 0.4) is 0 Å². The molecule has 0 aliphatic heterocycles. The van der Waals surface area contributed by atoms with Crippen LogP contribution in [0.2, 0.25) is 0 Å². The van der Waals surface area contributed by atoms with Gasteiger partial charge >= 0.3 is 6.18 Å². The van der Waals surface area contributed by atoms with E-state index in [-0.39, 0.29) is 16.6 Å². The maximum Gasteiger partial charge on any atom is 0.420 e. The first-order chi connectivity index (χ1) is 8.90. The van der Waals surface area contributed by atoms with Gasteiger partial charge in [0.25, 0.3) is 5.19 Å². The van der Waals surface area contributed by atoms with Crippen LogP contribution in [-0.2, 0) is 12.6 Å². The normalized spacial score (nSPS) is 11.6. The van der Waals surface area contributed by atoms with E-state index in [1.54, 1.807) is 5.38 Å². The van der Waals surface area contributed by atoms with Crippen molar-refractivity contribution >= 4 is 17.0 Å². The molecule has 2 aromatic rings. The monoisotopic (exact) mass is 288 g/mol. The van der Waals surface area contributed by atoms with Gasteiger partial charge in [0.15, 0.2) is 0 Å². The van der Waals surface area contributed by atoms with E-state index >= 15 is 0 Å². The largest absolute Gasteiger partial charge is 0.430 e. The van der Waals surface area contributed by atoms with Crippen molar-refractivity contribution in [1.29, 1.82) is 0 Å². The molecular weight excluding hydrogens is 277 g/mol. The lowest BCUT2D eigenvalue weighted by Gasteiger charge is -2.12. The third kappa shape index (κ3) is 3.17. The molecule has 0 atom stereocenters. The zero-order valence-corrected chi connectivity index (χ0v) is 10.8. The van der Waals surface area contributed by atoms with Gasteiger partial charge in [-0.15, -0.1) is 0 Å². The van der Waals surface area contributed by atoms with E-state index in [1.165, 1.54) is 12.1 Å². The van der Waals surface area contributed by atoms with Crippen molar-refractivity contribution in [3.63, 3.8) is 0 Å². The maximum atomic E-state index is 12.8. The summed E-state index contributed by atoms with van der Waals surface area (Å²) in [5, 5.41) is 1.94. The van der Waals surface area contributed by atoms with Crippen LogP contribution in [0, 0.1) is 0 Å². The number of halogens is 3. The summed E-state index contributed by atoms with van der Waals surface area (Å²) >= 11 is 1.16. The second-order valence-corrected chi connectivity index (χ2v) is 4.63. The average Bonchev–Trinajstić information content (AvgIpc) is 2.78. The van der Waals surface area contributed by atoms with Crippen molar-refractivity contribution in [2.24, 2.45) is 0 Å². The van der Waals surface area contributed by atoms with Crippen molar-refractivity contribution in [2.45, 2.75) is 19.5 Å². The van der Waals surface area contributed by atoms with Crippen LogP contribution in [-0.4, -0.2) is 4.98 Å². The fraction of sp³-hybridized carbons (Fsp3) is 0.250. The highest BCUT2D eigenvalue weighted by atomic mass is 32.1. The minimum Gasteiger partial charge on any atom is -0.430 e. The molecule has 0 radical (unpaired) electrons. The van der Waals surface area contributed by atoms with Crippen LogP contribution in [0.1, 0.15) is 18.2 Å². The highest BCUT2D eigenvalue weighted by Crippen LogP contribution is 2.39. The van der Waals surface area contributed by atoms with E-state index < -0.39 is 11.7 Å². The Bertz CT molecular complexity index is 581. The number of aromatic nitrogens is 1. The molecule has 0 spiro atoms. The molecule has 0 aliphatic rings. The Morgan fingerprint density at radius 2 is 2.11 bits per heavy atom. The molecule has 0 amide bonds. The molecule has 0 saturated heterocycles. The van der Waals surface area contributed by atoms with Gasteiger partial charge in [0.2, 0.25) is 0 Å². The Morgan fingerprint density at radius 3 is 2.68 bits per heavy atom. The molecule has 7 heteroatoms. The molecule has 0 fully saturated rings. The van der Waals surface area contributed by atoms with Gasteiger partial charge in [-0.25, -0.2) is 4.98 Å². The zero-order chi connectivity index (χ0) is 14.0. The lowest BCUT2D eigenvalue weighted by atomic mass is 10.1. The number of benzene rings is 1. The van der Waals surface area contributed by atoms with Crippen LogP contribution in [0.5, 0.6) is 10.9 Å². The predicted octanol–water partition coefficient (Wildman–Crippen LogP) is 4.10. The number of hydrogen-bond donors (Lipinski definition) is 1. The second-order valence-electron chi connectivity index (χ2n) is 3.81. The topological polar surface area (TPSA) is 48.1 Å². The smallest absolute Gasteiger partial charge is 0.420 e. The lowest BCUT2D eigenvalue weighted by Crippen LogP contribution is -2.08. The van der Waals surface area contributed by atoms with E-state index in [1.807, 2.05) is 6.92 Å². The van der Waals surface area contributed by atoms with Crippen molar-refractivity contribution < 1.29 is 17.9 Å². The molecule has 0 saturated carbocycles. The molecule has 2 N–H and O–H groups in total. The molecular formula is C12H11F3N2OS. The van der Waals surface area contributed by atoms with Gasteiger partial charge in [0.1, 0.15) is 11.3 Å². The van der Waals surface area contributed by atoms with Gasteiger partial charge in [0, 0.05) is 11.1 Å². The van der Waals surface area contributed by atoms with Crippen LogP contribution in [0.4, 0.5) is 18.9 Å². The molecule has 3 nitrogen and oxygen atoms in total. The van der Waals surface area contributed by atoms with Crippen LogP contribution in [0.25, 0.3) is 0 Å². The van der Waals surface area contributed by atoms with Crippen LogP contribution >= 0.6 is 11.3 Å². The highest BCUT2D eigenvalue weighted by molar-refractivity contribution is 7.11. The molecule has 102 valence electrons. The van der Waals surface area contributed by atoms with E-state index in [9.17, 15) is 13.2 Å². The second kappa shape index (κ2) is 5.08. The van der Waals surface area contributed by atoms with Crippen molar-refractivity contribution in [3.05, 3.63) is 34.8 Å². The first-order valence-corrected chi connectivity index (χ1v) is 6.37. The summed E-state index contributed by atoms with van der Waals surface area (Å²) in [5.41, 5.74) is 5.29. The number of anilines is 1. The third-order valence-corrected chi connectivity index (χ3v) is 3.17. The number of thiazole rings is 1. The minimum atomic E-state index is -4.52. The predicted molar refractivity (Wildman–Crippen MR) is 67.4 cm³/mol. The van der Waals surface area contributed by atoms with Crippen molar-refractivity contribution in [2.75, 3.05) is 5.73 Å². The molecule has 1 heterocycles. The fourth-order valence-electron chi connectivity index (χ4n) is 1.45. The Balaban J connectivity index is 2.34. The molecule has 2 rings (SSSR count). The SMILES string of the molecule is CCc1csc(Oc2ccc(N)cc2C(F)(F)F)n1. The van der Waals surface area contributed by atoms with Gasteiger partial charge in [-0.1, -0.05) is 18.3 Å². The number of aryl methyl sites for hydroxylation is 1. The van der Waals surface area contributed by atoms with Gasteiger partial charge in [-0.05, 0) is 24.6 Å². The first-order valence-electron chi connectivity index (χ1n) is 5.49. The van der Waals surface area contributed by atoms with Crippen molar-refractivity contribution in [1.82, 2.24) is 4.98 Å². The van der Waals surface area contributed by atoms with E-state index in [0.29, 0.717) is 6.42 Å². The third-order valence-electron chi connectivity index (χ3n) is 2.40. The van der Waals surface area contributed by atoms with Gasteiger partial charge in [-0.3, -0.25) is 0 Å². The number of hydrogen-bond acceptors (Lipinski definition) is 4. The number of ether oxygens (including phenoxy) is 1. The molecule has 1 aromatic heterocycles. The fourth-order valence-corrected chi connectivity index (χ4v) is 2.21. The van der Waals surface area contributed by atoms with Gasteiger partial charge < -0.3 is 10.5 Å². The van der Waals surface area contributed by atoms with Crippen molar-refractivity contribution in [3.8, 4) is 10.9 Å². The first kappa shape index (κ1) is 13.7. The highest BCUT2D eigenvalue weighted by Gasteiger charge is 2.35. The number of nitrogens with two attached hydrogens (primary N) is 1. The quantitative estimate of drug-likeness (QED) is 0.865. The number of nitrogens with zero attached hydrogens (tertiary/aromatic N) is 1. The Morgan fingerprint density at radius 1 is 1.37 bits per heavy atom. The number of rotatable bonds is 3. The Kier molecular flexibility index (Phi) is 3.66. The van der Waals surface area contributed by atoms with E-state index in [0.717, 1.165) is 23.1 Å². The summed E-state index contributed by atoms with van der Waals surface area (Å²) in [5.74, 6) is -0.293. The summed E-state index contributed by atoms with van der Waals surface area (Å²) in [6.07, 6.45) is -3.82. The van der Waals surface area contributed by atoms with Crippen LogP contribution < -0.4 is 10.5 Å². The zero-order valence-electron chi connectivity index (χ0n) is 9.99. The van der Waals surface area contributed by atoms with E-state index in [2.05, 4.69) is 4.98 Å². The van der Waals surface area contributed by atoms with Crippen LogP contribution in [0.15, 0.2) is 23.6 Å². The summed E-state index contributed by atoms with van der Waals surface area (Å²) in [4.78, 5) is 4.07. The Labute approximate surface area is 111 Å². The molecule has 0 bridgehead atoms.